The highest BCUT2D eigenvalue weighted by atomic mass is 19.1. The van der Waals surface area contributed by atoms with Crippen molar-refractivity contribution >= 4 is 34.5 Å². The summed E-state index contributed by atoms with van der Waals surface area (Å²) < 4.78 is 38.5. The van der Waals surface area contributed by atoms with Gasteiger partial charge in [0.2, 0.25) is 5.78 Å². The number of alkyl halides is 1. The van der Waals surface area contributed by atoms with Crippen molar-refractivity contribution in [2.45, 2.75) is 102 Å². The van der Waals surface area contributed by atoms with E-state index in [2.05, 4.69) is 0 Å². The van der Waals surface area contributed by atoms with Crippen LogP contribution in [0.2, 0.25) is 0 Å². The number of carbonyl (C=O) groups is 4. The minimum Gasteiger partial charge on any atom is -0.497 e. The molecule has 10 nitrogen and oxygen atoms in total. The maximum Gasteiger partial charge on any atom is 0.508 e. The maximum absolute atomic E-state index is 17.4. The SMILES string of the molecule is COc1ccc2cc([C@H](C)C(=O)OCCCCCCOC(=O)OCC(=O)[C@@]3(O)[C@H](C)C[C@H]4[C@@H]5CCC6=CC(=O)C=C[C@]6(C)[C@@]5(F)[C@@H](O)C[C@@]43C)ccc2c1. The Bertz CT molecular complexity index is 1850. The lowest BCUT2D eigenvalue weighted by molar-refractivity contribution is -0.219. The predicted octanol–water partition coefficient (Wildman–Crippen LogP) is 7.13. The number of Topliss-reactive ketones (excluding diaryl/α,β-unsaturated/α-hetero) is 1. The van der Waals surface area contributed by atoms with Gasteiger partial charge in [0.05, 0.1) is 32.3 Å². The van der Waals surface area contributed by atoms with Crippen LogP contribution in [0.1, 0.15) is 90.5 Å². The van der Waals surface area contributed by atoms with E-state index in [1.807, 2.05) is 43.3 Å². The normalized spacial score (nSPS) is 33.2. The standard InChI is InChI=1S/C43H53FO10/c1-26-20-35-34-15-13-31-23-32(45)16-17-40(31,3)42(34,44)36(46)24-41(35,4)43(26,50)37(47)25-54-39(49)53-19-9-7-6-8-18-52-38(48)27(2)28-10-11-30-22-33(51-5)14-12-29(30)21-28/h10-12,14,16-17,21-23,26-27,34-36,46,50H,6-9,13,15,18-20,24-25H2,1-5H3/t26-,27+,34+,35+,36+,40+,41+,42+,43+/m1/s1. The number of allylic oxidation sites excluding steroid dienone is 4. The Balaban J connectivity index is 0.919. The van der Waals surface area contributed by atoms with E-state index >= 15 is 4.39 Å². The Labute approximate surface area is 316 Å². The number of halogens is 1. The second kappa shape index (κ2) is 15.2. The van der Waals surface area contributed by atoms with Crippen LogP contribution in [0.15, 0.2) is 60.2 Å². The van der Waals surface area contributed by atoms with Crippen LogP contribution >= 0.6 is 0 Å². The molecule has 4 aliphatic rings. The largest absolute Gasteiger partial charge is 0.508 e. The molecule has 292 valence electrons. The fraction of sp³-hybridized carbons (Fsp3) is 0.581. The van der Waals surface area contributed by atoms with Crippen LogP contribution in [-0.2, 0) is 28.6 Å². The van der Waals surface area contributed by atoms with E-state index in [0.717, 1.165) is 28.5 Å². The molecule has 0 unspecified atom stereocenters. The number of hydrogen-bond acceptors (Lipinski definition) is 10. The van der Waals surface area contributed by atoms with Gasteiger partial charge in [0.25, 0.3) is 0 Å². The van der Waals surface area contributed by atoms with Crippen molar-refractivity contribution in [2.24, 2.45) is 28.6 Å². The van der Waals surface area contributed by atoms with Gasteiger partial charge in [-0.15, -0.1) is 0 Å². The molecule has 9 atom stereocenters. The highest BCUT2D eigenvalue weighted by Gasteiger charge is 2.75. The molecule has 2 N–H and O–H groups in total. The van der Waals surface area contributed by atoms with Gasteiger partial charge >= 0.3 is 12.1 Å². The zero-order valence-corrected chi connectivity index (χ0v) is 31.9. The number of esters is 1. The summed E-state index contributed by atoms with van der Waals surface area (Å²) >= 11 is 0. The number of carbonyl (C=O) groups excluding carboxylic acids is 4. The highest BCUT2D eigenvalue weighted by Crippen LogP contribution is 2.70. The monoisotopic (exact) mass is 748 g/mol. The number of fused-ring (bicyclic) bond motifs is 6. The highest BCUT2D eigenvalue weighted by molar-refractivity contribution is 6.01. The minimum atomic E-state index is -2.08. The lowest BCUT2D eigenvalue weighted by Crippen LogP contribution is -2.69. The molecule has 3 saturated carbocycles. The molecule has 0 radical (unpaired) electrons. The molecular weight excluding hydrogens is 695 g/mol. The zero-order valence-electron chi connectivity index (χ0n) is 31.9. The Morgan fingerprint density at radius 2 is 1.65 bits per heavy atom. The van der Waals surface area contributed by atoms with E-state index in [1.165, 1.54) is 12.2 Å². The molecule has 0 amide bonds. The average Bonchev–Trinajstić information content (AvgIpc) is 3.36. The fourth-order valence-electron chi connectivity index (χ4n) is 10.2. The number of aliphatic hydroxyl groups excluding tert-OH is 1. The number of aliphatic hydroxyl groups is 2. The van der Waals surface area contributed by atoms with E-state index in [0.29, 0.717) is 44.1 Å². The third-order valence-corrected chi connectivity index (χ3v) is 13.4. The minimum absolute atomic E-state index is 0.0693. The fourth-order valence-corrected chi connectivity index (χ4v) is 10.2. The Kier molecular flexibility index (Phi) is 11.2. The van der Waals surface area contributed by atoms with Gasteiger partial charge in [0.15, 0.2) is 18.1 Å². The van der Waals surface area contributed by atoms with Crippen molar-refractivity contribution in [1.29, 1.82) is 0 Å². The molecule has 11 heteroatoms. The predicted molar refractivity (Wildman–Crippen MR) is 199 cm³/mol. The van der Waals surface area contributed by atoms with Crippen LogP contribution in [-0.4, -0.2) is 78.2 Å². The lowest BCUT2D eigenvalue weighted by Gasteiger charge is -2.62. The molecule has 0 aromatic heterocycles. The number of benzene rings is 2. The summed E-state index contributed by atoms with van der Waals surface area (Å²) in [6.07, 6.45) is 5.59. The first-order valence-electron chi connectivity index (χ1n) is 19.2. The second-order valence-electron chi connectivity index (χ2n) is 16.3. The smallest absolute Gasteiger partial charge is 0.497 e. The van der Waals surface area contributed by atoms with Gasteiger partial charge in [-0.1, -0.05) is 49.8 Å². The summed E-state index contributed by atoms with van der Waals surface area (Å²) in [5.74, 6) is -2.49. The van der Waals surface area contributed by atoms with E-state index in [-0.39, 0.29) is 31.4 Å². The Morgan fingerprint density at radius 3 is 2.37 bits per heavy atom. The van der Waals surface area contributed by atoms with E-state index in [4.69, 9.17) is 18.9 Å². The summed E-state index contributed by atoms with van der Waals surface area (Å²) in [6, 6.07) is 11.7. The van der Waals surface area contributed by atoms with Crippen molar-refractivity contribution in [2.75, 3.05) is 26.9 Å². The summed E-state index contributed by atoms with van der Waals surface area (Å²) in [7, 11) is 1.62. The molecule has 3 fully saturated rings. The summed E-state index contributed by atoms with van der Waals surface area (Å²) in [4.78, 5) is 50.9. The Morgan fingerprint density at radius 1 is 0.963 bits per heavy atom. The van der Waals surface area contributed by atoms with Crippen LogP contribution in [0.5, 0.6) is 5.75 Å². The number of rotatable bonds is 13. The lowest BCUT2D eigenvalue weighted by atomic mass is 9.44. The van der Waals surface area contributed by atoms with Gasteiger partial charge in [0.1, 0.15) is 11.4 Å². The van der Waals surface area contributed by atoms with Crippen molar-refractivity contribution in [3.05, 3.63) is 65.8 Å². The van der Waals surface area contributed by atoms with Gasteiger partial charge < -0.3 is 29.2 Å². The molecule has 0 heterocycles. The third-order valence-electron chi connectivity index (χ3n) is 13.4. The van der Waals surface area contributed by atoms with Gasteiger partial charge in [-0.05, 0) is 118 Å². The van der Waals surface area contributed by atoms with Gasteiger partial charge in [0, 0.05) is 16.7 Å². The van der Waals surface area contributed by atoms with Gasteiger partial charge in [-0.3, -0.25) is 14.4 Å². The summed E-state index contributed by atoms with van der Waals surface area (Å²) in [5, 5.41) is 25.6. The molecule has 0 saturated heterocycles. The molecule has 54 heavy (non-hydrogen) atoms. The van der Waals surface area contributed by atoms with Crippen molar-refractivity contribution in [3.8, 4) is 5.75 Å². The van der Waals surface area contributed by atoms with Gasteiger partial charge in [-0.2, -0.15) is 0 Å². The molecular formula is C43H53FO10. The topological polar surface area (TPSA) is 146 Å². The molecule has 0 bridgehead atoms. The third kappa shape index (κ3) is 6.65. The van der Waals surface area contributed by atoms with Crippen LogP contribution < -0.4 is 4.74 Å². The van der Waals surface area contributed by atoms with Crippen LogP contribution in [0.25, 0.3) is 10.8 Å². The Hall–Kier alpha value is -4.09. The van der Waals surface area contributed by atoms with Crippen LogP contribution in [0.3, 0.4) is 0 Å². The molecule has 6 rings (SSSR count). The number of ether oxygens (including phenoxy) is 4. The summed E-state index contributed by atoms with van der Waals surface area (Å²) in [6.45, 7) is 6.65. The second-order valence-corrected chi connectivity index (χ2v) is 16.3. The number of methoxy groups -OCH3 is 1. The van der Waals surface area contributed by atoms with Gasteiger partial charge in [-0.25, -0.2) is 9.18 Å². The van der Waals surface area contributed by atoms with Crippen molar-refractivity contribution < 1.29 is 52.7 Å². The molecule has 0 spiro atoms. The number of unbranched alkanes of at least 4 members (excludes halogenated alkanes) is 3. The first-order chi connectivity index (χ1) is 25.6. The summed E-state index contributed by atoms with van der Waals surface area (Å²) in [5.41, 5.74) is -4.85. The molecule has 2 aromatic carbocycles. The molecule has 4 aliphatic carbocycles. The quantitative estimate of drug-likeness (QED) is 0.160. The van der Waals surface area contributed by atoms with E-state index in [9.17, 15) is 29.4 Å². The zero-order chi connectivity index (χ0) is 39.1. The van der Waals surface area contributed by atoms with E-state index in [1.54, 1.807) is 34.0 Å². The first-order valence-corrected chi connectivity index (χ1v) is 19.2. The first kappa shape index (κ1) is 39.6. The number of ketones is 2. The molecule has 0 aliphatic heterocycles. The molecule has 2 aromatic rings. The number of hydrogen-bond donors (Lipinski definition) is 2. The van der Waals surface area contributed by atoms with Crippen molar-refractivity contribution in [3.63, 3.8) is 0 Å². The van der Waals surface area contributed by atoms with E-state index < -0.39 is 70.4 Å². The van der Waals surface area contributed by atoms with Crippen LogP contribution in [0, 0.1) is 28.6 Å². The van der Waals surface area contributed by atoms with Crippen LogP contribution in [0.4, 0.5) is 9.18 Å². The average molecular weight is 749 g/mol. The maximum atomic E-state index is 17.4. The van der Waals surface area contributed by atoms with Crippen molar-refractivity contribution in [1.82, 2.24) is 0 Å².